The molecule has 0 bridgehead atoms. The highest BCUT2D eigenvalue weighted by molar-refractivity contribution is 5.96. The Morgan fingerprint density at radius 1 is 1.08 bits per heavy atom. The van der Waals surface area contributed by atoms with Gasteiger partial charge in [0, 0.05) is 24.1 Å². The van der Waals surface area contributed by atoms with Crippen LogP contribution in [0.5, 0.6) is 0 Å². The quantitative estimate of drug-likeness (QED) is 0.474. The molecule has 2 heteroatoms. The Kier molecular flexibility index (Phi) is 6.51. The van der Waals surface area contributed by atoms with Crippen molar-refractivity contribution in [3.8, 4) is 0 Å². The fourth-order valence-corrected chi connectivity index (χ4v) is 3.41. The van der Waals surface area contributed by atoms with Crippen LogP contribution in [-0.2, 0) is 5.54 Å². The van der Waals surface area contributed by atoms with Gasteiger partial charge in [0.2, 0.25) is 0 Å². The number of benzene rings is 2. The van der Waals surface area contributed by atoms with Crippen LogP contribution in [0.1, 0.15) is 42.1 Å². The SMILES string of the molecule is C=CCN(C)C(CC)(CCC(=O)c1ccccc1)c1ccccc1. The second kappa shape index (κ2) is 8.60. The first-order chi connectivity index (χ1) is 11.6. The van der Waals surface area contributed by atoms with E-state index in [0.717, 1.165) is 24.9 Å². The van der Waals surface area contributed by atoms with Gasteiger partial charge in [-0.15, -0.1) is 6.58 Å². The summed E-state index contributed by atoms with van der Waals surface area (Å²) >= 11 is 0. The Bertz CT molecular complexity index is 650. The van der Waals surface area contributed by atoms with Crippen LogP contribution in [0.4, 0.5) is 0 Å². The number of carbonyl (C=O) groups excluding carboxylic acids is 1. The first-order valence-corrected chi connectivity index (χ1v) is 8.60. The van der Waals surface area contributed by atoms with E-state index in [0.29, 0.717) is 6.42 Å². The highest BCUT2D eigenvalue weighted by atomic mass is 16.1. The monoisotopic (exact) mass is 321 g/mol. The van der Waals surface area contributed by atoms with Crippen LogP contribution in [0, 0.1) is 0 Å². The molecule has 2 aromatic carbocycles. The maximum absolute atomic E-state index is 12.6. The molecule has 0 aliphatic carbocycles. The zero-order chi connectivity index (χ0) is 17.4. The van der Waals surface area contributed by atoms with Crippen molar-refractivity contribution in [2.75, 3.05) is 13.6 Å². The number of rotatable bonds is 9. The number of Topliss-reactive ketones (excluding diaryl/α,β-unsaturated/α-hetero) is 1. The summed E-state index contributed by atoms with van der Waals surface area (Å²) in [4.78, 5) is 14.9. The summed E-state index contributed by atoms with van der Waals surface area (Å²) in [5, 5.41) is 0. The first-order valence-electron chi connectivity index (χ1n) is 8.60. The van der Waals surface area contributed by atoms with E-state index in [1.807, 2.05) is 42.5 Å². The standard InChI is InChI=1S/C22H27NO/c1-4-18-23(3)22(5-2,20-14-10-7-11-15-20)17-16-21(24)19-12-8-6-9-13-19/h4,6-15H,1,5,16-18H2,2-3H3. The largest absolute Gasteiger partial charge is 0.294 e. The number of likely N-dealkylation sites (N-methyl/N-ethyl adjacent to an activating group) is 1. The van der Waals surface area contributed by atoms with Gasteiger partial charge >= 0.3 is 0 Å². The average molecular weight is 321 g/mol. The summed E-state index contributed by atoms with van der Waals surface area (Å²) in [6, 6.07) is 20.1. The number of hydrogen-bond donors (Lipinski definition) is 0. The lowest BCUT2D eigenvalue weighted by Gasteiger charge is -2.42. The Hall–Kier alpha value is -2.19. The Balaban J connectivity index is 2.26. The van der Waals surface area contributed by atoms with Crippen molar-refractivity contribution in [1.82, 2.24) is 4.90 Å². The second-order valence-corrected chi connectivity index (χ2v) is 6.21. The highest BCUT2D eigenvalue weighted by Crippen LogP contribution is 2.36. The smallest absolute Gasteiger partial charge is 0.162 e. The van der Waals surface area contributed by atoms with Crippen LogP contribution in [0.2, 0.25) is 0 Å². The Morgan fingerprint density at radius 3 is 2.21 bits per heavy atom. The molecule has 0 amide bonds. The summed E-state index contributed by atoms with van der Waals surface area (Å²) in [6.45, 7) is 6.86. The molecule has 1 unspecified atom stereocenters. The zero-order valence-corrected chi connectivity index (χ0v) is 14.7. The summed E-state index contributed by atoms with van der Waals surface area (Å²) in [5.41, 5.74) is 1.90. The molecule has 126 valence electrons. The minimum Gasteiger partial charge on any atom is -0.294 e. The van der Waals surface area contributed by atoms with E-state index in [-0.39, 0.29) is 11.3 Å². The van der Waals surface area contributed by atoms with Gasteiger partial charge in [-0.1, -0.05) is 73.7 Å². The molecule has 0 fully saturated rings. The van der Waals surface area contributed by atoms with Crippen LogP contribution in [0.25, 0.3) is 0 Å². The van der Waals surface area contributed by atoms with Crippen LogP contribution in [0.15, 0.2) is 73.3 Å². The lowest BCUT2D eigenvalue weighted by Crippen LogP contribution is -2.44. The van der Waals surface area contributed by atoms with Crippen LogP contribution in [0.3, 0.4) is 0 Å². The number of hydrogen-bond acceptors (Lipinski definition) is 2. The van der Waals surface area contributed by atoms with Gasteiger partial charge in [-0.25, -0.2) is 0 Å². The maximum atomic E-state index is 12.6. The molecular formula is C22H27NO. The van der Waals surface area contributed by atoms with Gasteiger partial charge < -0.3 is 0 Å². The van der Waals surface area contributed by atoms with Gasteiger partial charge in [-0.3, -0.25) is 9.69 Å². The van der Waals surface area contributed by atoms with Crippen LogP contribution >= 0.6 is 0 Å². The molecular weight excluding hydrogens is 294 g/mol. The molecule has 0 N–H and O–H groups in total. The maximum Gasteiger partial charge on any atom is 0.162 e. The molecule has 2 rings (SSSR count). The lowest BCUT2D eigenvalue weighted by atomic mass is 9.80. The van der Waals surface area contributed by atoms with E-state index in [9.17, 15) is 4.79 Å². The van der Waals surface area contributed by atoms with Crippen molar-refractivity contribution in [2.45, 2.75) is 31.7 Å². The van der Waals surface area contributed by atoms with Crippen molar-refractivity contribution < 1.29 is 4.79 Å². The Morgan fingerprint density at radius 2 is 1.67 bits per heavy atom. The summed E-state index contributed by atoms with van der Waals surface area (Å²) in [6.07, 6.45) is 4.20. The van der Waals surface area contributed by atoms with Gasteiger partial charge in [-0.05, 0) is 25.5 Å². The normalized spacial score (nSPS) is 13.5. The van der Waals surface area contributed by atoms with Gasteiger partial charge in [0.05, 0.1) is 0 Å². The molecule has 0 saturated heterocycles. The van der Waals surface area contributed by atoms with E-state index in [1.165, 1.54) is 5.56 Å². The molecule has 0 heterocycles. The van der Waals surface area contributed by atoms with E-state index < -0.39 is 0 Å². The van der Waals surface area contributed by atoms with Crippen molar-refractivity contribution in [3.63, 3.8) is 0 Å². The highest BCUT2D eigenvalue weighted by Gasteiger charge is 2.34. The third kappa shape index (κ3) is 4.01. The molecule has 0 saturated carbocycles. The summed E-state index contributed by atoms with van der Waals surface area (Å²) in [7, 11) is 2.12. The predicted molar refractivity (Wildman–Crippen MR) is 101 cm³/mol. The molecule has 2 nitrogen and oxygen atoms in total. The van der Waals surface area contributed by atoms with E-state index in [2.05, 4.69) is 49.7 Å². The molecule has 0 aliphatic rings. The fourth-order valence-electron chi connectivity index (χ4n) is 3.41. The van der Waals surface area contributed by atoms with E-state index in [1.54, 1.807) is 0 Å². The lowest BCUT2D eigenvalue weighted by molar-refractivity contribution is 0.0866. The molecule has 0 radical (unpaired) electrons. The molecule has 0 aliphatic heterocycles. The molecule has 24 heavy (non-hydrogen) atoms. The number of nitrogens with zero attached hydrogens (tertiary/aromatic N) is 1. The van der Waals surface area contributed by atoms with Crippen molar-refractivity contribution in [2.24, 2.45) is 0 Å². The predicted octanol–water partition coefficient (Wildman–Crippen LogP) is 5.07. The van der Waals surface area contributed by atoms with E-state index in [4.69, 9.17) is 0 Å². The van der Waals surface area contributed by atoms with Crippen molar-refractivity contribution >= 4 is 5.78 Å². The summed E-state index contributed by atoms with van der Waals surface area (Å²) < 4.78 is 0. The Labute approximate surface area is 145 Å². The molecule has 1 atom stereocenters. The number of carbonyl (C=O) groups is 1. The first kappa shape index (κ1) is 18.2. The van der Waals surface area contributed by atoms with Gasteiger partial charge in [0.15, 0.2) is 5.78 Å². The van der Waals surface area contributed by atoms with Gasteiger partial charge in [0.25, 0.3) is 0 Å². The molecule has 0 spiro atoms. The van der Waals surface area contributed by atoms with Crippen molar-refractivity contribution in [1.29, 1.82) is 0 Å². The zero-order valence-electron chi connectivity index (χ0n) is 14.7. The minimum atomic E-state index is -0.153. The second-order valence-electron chi connectivity index (χ2n) is 6.21. The topological polar surface area (TPSA) is 20.3 Å². The average Bonchev–Trinajstić information content (AvgIpc) is 2.64. The van der Waals surface area contributed by atoms with E-state index >= 15 is 0 Å². The molecule has 0 aromatic heterocycles. The third-order valence-corrected chi connectivity index (χ3v) is 4.89. The molecule has 2 aromatic rings. The fraction of sp³-hybridized carbons (Fsp3) is 0.318. The van der Waals surface area contributed by atoms with Crippen LogP contribution < -0.4 is 0 Å². The minimum absolute atomic E-state index is 0.153. The summed E-state index contributed by atoms with van der Waals surface area (Å²) in [5.74, 6) is 0.205. The van der Waals surface area contributed by atoms with Gasteiger partial charge in [-0.2, -0.15) is 0 Å². The number of ketones is 1. The van der Waals surface area contributed by atoms with Crippen LogP contribution in [-0.4, -0.2) is 24.3 Å². The third-order valence-electron chi connectivity index (χ3n) is 4.89. The van der Waals surface area contributed by atoms with Gasteiger partial charge in [0.1, 0.15) is 0 Å². The van der Waals surface area contributed by atoms with Crippen molar-refractivity contribution in [3.05, 3.63) is 84.4 Å².